The quantitative estimate of drug-likeness (QED) is 0.920. The van der Waals surface area contributed by atoms with Crippen LogP contribution in [0.2, 0.25) is 0 Å². The Labute approximate surface area is 128 Å². The summed E-state index contributed by atoms with van der Waals surface area (Å²) in [6, 6.07) is 0.158. The van der Waals surface area contributed by atoms with Crippen LogP contribution >= 0.6 is 12.4 Å². The zero-order valence-electron chi connectivity index (χ0n) is 12.1. The van der Waals surface area contributed by atoms with Crippen molar-refractivity contribution in [2.24, 2.45) is 5.92 Å². The van der Waals surface area contributed by atoms with Crippen molar-refractivity contribution in [1.82, 2.24) is 15.5 Å². The Morgan fingerprint density at radius 3 is 2.62 bits per heavy atom. The fourth-order valence-corrected chi connectivity index (χ4v) is 2.70. The molecule has 0 radical (unpaired) electrons. The summed E-state index contributed by atoms with van der Waals surface area (Å²) in [6.07, 6.45) is -1.64. The van der Waals surface area contributed by atoms with Crippen molar-refractivity contribution in [3.05, 3.63) is 11.7 Å². The molecule has 4 nitrogen and oxygen atoms in total. The van der Waals surface area contributed by atoms with Crippen LogP contribution in [0.15, 0.2) is 4.52 Å². The smallest absolute Gasteiger partial charge is 0.339 e. The fourth-order valence-electron chi connectivity index (χ4n) is 2.70. The number of rotatable bonds is 4. The Hall–Kier alpha value is -0.820. The molecule has 0 bridgehead atoms. The highest BCUT2D eigenvalue weighted by molar-refractivity contribution is 5.85. The van der Waals surface area contributed by atoms with E-state index in [1.165, 1.54) is 0 Å². The highest BCUT2D eigenvalue weighted by Gasteiger charge is 2.47. The molecule has 1 aromatic rings. The molecule has 21 heavy (non-hydrogen) atoms. The van der Waals surface area contributed by atoms with Gasteiger partial charge in [-0.3, -0.25) is 0 Å². The van der Waals surface area contributed by atoms with E-state index in [1.54, 1.807) is 0 Å². The number of hydrogen-bond donors (Lipinski definition) is 1. The molecule has 1 aromatic heterocycles. The second kappa shape index (κ2) is 7.45. The first-order valence-corrected chi connectivity index (χ1v) is 6.98. The van der Waals surface area contributed by atoms with Crippen molar-refractivity contribution in [1.29, 1.82) is 0 Å². The minimum atomic E-state index is -4.20. The second-order valence-electron chi connectivity index (χ2n) is 5.48. The van der Waals surface area contributed by atoms with Crippen molar-refractivity contribution < 1.29 is 17.7 Å². The monoisotopic (exact) mass is 327 g/mol. The summed E-state index contributed by atoms with van der Waals surface area (Å²) in [6.45, 7) is 1.95. The minimum Gasteiger partial charge on any atom is -0.339 e. The van der Waals surface area contributed by atoms with Crippen molar-refractivity contribution in [2.75, 3.05) is 7.05 Å². The fraction of sp³-hybridized carbons (Fsp3) is 0.846. The first-order valence-electron chi connectivity index (χ1n) is 6.98. The van der Waals surface area contributed by atoms with Gasteiger partial charge in [0.05, 0.1) is 5.92 Å². The number of aromatic nitrogens is 2. The maximum Gasteiger partial charge on any atom is 0.392 e. The summed E-state index contributed by atoms with van der Waals surface area (Å²) in [7, 11) is 1.81. The first kappa shape index (κ1) is 18.2. The van der Waals surface area contributed by atoms with Gasteiger partial charge < -0.3 is 9.84 Å². The predicted molar refractivity (Wildman–Crippen MR) is 74.5 cm³/mol. The Balaban J connectivity index is 0.00000220. The molecule has 0 amide bonds. The van der Waals surface area contributed by atoms with E-state index in [4.69, 9.17) is 4.52 Å². The molecule has 2 rings (SSSR count). The molecule has 1 aliphatic carbocycles. The molecule has 1 fully saturated rings. The molecule has 1 aliphatic rings. The molecule has 1 saturated carbocycles. The number of hydrogen-bond acceptors (Lipinski definition) is 4. The van der Waals surface area contributed by atoms with Gasteiger partial charge >= 0.3 is 6.18 Å². The summed E-state index contributed by atoms with van der Waals surface area (Å²) in [4.78, 5) is 4.17. The standard InChI is InChI=1S/C13H20F3N3O.ClH/c1-8(17-2)7-11-18-12(20-19-11)9-5-3-4-6-10(9)13(14,15)16;/h8-10,17H,3-7H2,1-2H3;1H. The van der Waals surface area contributed by atoms with Crippen LogP contribution in [0, 0.1) is 5.92 Å². The first-order chi connectivity index (χ1) is 9.41. The minimum absolute atomic E-state index is 0. The highest BCUT2D eigenvalue weighted by Crippen LogP contribution is 2.45. The van der Waals surface area contributed by atoms with Crippen LogP contribution in [-0.4, -0.2) is 29.4 Å². The van der Waals surface area contributed by atoms with Gasteiger partial charge in [0.1, 0.15) is 0 Å². The Bertz CT molecular complexity index is 439. The summed E-state index contributed by atoms with van der Waals surface area (Å²) in [5.74, 6) is -1.43. The van der Waals surface area contributed by atoms with E-state index in [9.17, 15) is 13.2 Å². The second-order valence-corrected chi connectivity index (χ2v) is 5.48. The molecule has 3 atom stereocenters. The summed E-state index contributed by atoms with van der Waals surface area (Å²) in [5, 5.41) is 6.84. The third kappa shape index (κ3) is 4.57. The molecule has 1 heterocycles. The van der Waals surface area contributed by atoms with Crippen LogP contribution in [0.3, 0.4) is 0 Å². The third-order valence-electron chi connectivity index (χ3n) is 3.97. The topological polar surface area (TPSA) is 51.0 Å². The van der Waals surface area contributed by atoms with Gasteiger partial charge in [-0.25, -0.2) is 0 Å². The normalized spacial score (nSPS) is 24.4. The van der Waals surface area contributed by atoms with Crippen molar-refractivity contribution in [3.63, 3.8) is 0 Å². The van der Waals surface area contributed by atoms with Crippen molar-refractivity contribution >= 4 is 12.4 Å². The van der Waals surface area contributed by atoms with E-state index in [2.05, 4.69) is 15.5 Å². The third-order valence-corrected chi connectivity index (χ3v) is 3.97. The largest absolute Gasteiger partial charge is 0.392 e. The maximum atomic E-state index is 13.0. The number of likely N-dealkylation sites (N-methyl/N-ethyl adjacent to an activating group) is 1. The molecule has 0 spiro atoms. The average molecular weight is 328 g/mol. The van der Waals surface area contributed by atoms with Gasteiger partial charge in [-0.2, -0.15) is 18.2 Å². The van der Waals surface area contributed by atoms with Gasteiger partial charge in [0.2, 0.25) is 5.89 Å². The number of alkyl halides is 3. The van der Waals surface area contributed by atoms with Crippen LogP contribution in [-0.2, 0) is 6.42 Å². The lowest BCUT2D eigenvalue weighted by molar-refractivity contribution is -0.189. The maximum absolute atomic E-state index is 13.0. The SMILES string of the molecule is CNC(C)Cc1noc(C2CCCCC2C(F)(F)F)n1.Cl. The van der Waals surface area contributed by atoms with Crippen molar-refractivity contribution in [3.8, 4) is 0 Å². The molecular formula is C13H21ClF3N3O. The van der Waals surface area contributed by atoms with Gasteiger partial charge in [-0.1, -0.05) is 18.0 Å². The van der Waals surface area contributed by atoms with Crippen LogP contribution in [0.5, 0.6) is 0 Å². The Kier molecular flexibility index (Phi) is 6.46. The molecule has 3 unspecified atom stereocenters. The highest BCUT2D eigenvalue weighted by atomic mass is 35.5. The molecule has 8 heteroatoms. The summed E-state index contributed by atoms with van der Waals surface area (Å²) < 4.78 is 44.2. The van der Waals surface area contributed by atoms with Crippen LogP contribution in [0.25, 0.3) is 0 Å². The summed E-state index contributed by atoms with van der Waals surface area (Å²) >= 11 is 0. The van der Waals surface area contributed by atoms with Gasteiger partial charge in [0.15, 0.2) is 5.82 Å². The Morgan fingerprint density at radius 2 is 2.00 bits per heavy atom. The molecule has 0 saturated heterocycles. The lowest BCUT2D eigenvalue weighted by atomic mass is 9.78. The van der Waals surface area contributed by atoms with E-state index < -0.39 is 18.0 Å². The van der Waals surface area contributed by atoms with Gasteiger partial charge in [-0.05, 0) is 26.8 Å². The van der Waals surface area contributed by atoms with E-state index in [-0.39, 0.29) is 30.8 Å². The van der Waals surface area contributed by atoms with Crippen LogP contribution in [0.1, 0.15) is 50.2 Å². The zero-order valence-corrected chi connectivity index (χ0v) is 12.9. The van der Waals surface area contributed by atoms with E-state index in [0.717, 1.165) is 6.42 Å². The predicted octanol–water partition coefficient (Wildman–Crippen LogP) is 3.48. The molecule has 1 N–H and O–H groups in total. The van der Waals surface area contributed by atoms with Gasteiger partial charge in [0, 0.05) is 18.4 Å². The lowest BCUT2D eigenvalue weighted by Gasteiger charge is -2.30. The molecule has 0 aromatic carbocycles. The van der Waals surface area contributed by atoms with Crippen LogP contribution < -0.4 is 5.32 Å². The van der Waals surface area contributed by atoms with E-state index in [0.29, 0.717) is 25.1 Å². The Morgan fingerprint density at radius 1 is 1.33 bits per heavy atom. The van der Waals surface area contributed by atoms with Crippen molar-refractivity contribution in [2.45, 2.75) is 57.2 Å². The summed E-state index contributed by atoms with van der Waals surface area (Å²) in [5.41, 5.74) is 0. The molecule has 122 valence electrons. The lowest BCUT2D eigenvalue weighted by Crippen LogP contribution is -2.31. The number of nitrogens with zero attached hydrogens (tertiary/aromatic N) is 2. The number of halogens is 4. The average Bonchev–Trinajstić information content (AvgIpc) is 2.86. The van der Waals surface area contributed by atoms with Gasteiger partial charge in [0.25, 0.3) is 0 Å². The number of nitrogens with one attached hydrogen (secondary N) is 1. The van der Waals surface area contributed by atoms with E-state index >= 15 is 0 Å². The van der Waals surface area contributed by atoms with E-state index in [1.807, 2.05) is 14.0 Å². The molecule has 0 aliphatic heterocycles. The molecular weight excluding hydrogens is 307 g/mol. The van der Waals surface area contributed by atoms with Gasteiger partial charge in [-0.15, -0.1) is 12.4 Å². The van der Waals surface area contributed by atoms with Crippen LogP contribution in [0.4, 0.5) is 13.2 Å². The zero-order chi connectivity index (χ0) is 14.8.